The Morgan fingerprint density at radius 3 is 2.68 bits per heavy atom. The number of amides is 2. The second kappa shape index (κ2) is 10.8. The topological polar surface area (TPSA) is 79.5 Å². The van der Waals surface area contributed by atoms with Gasteiger partial charge in [-0.2, -0.15) is 0 Å². The van der Waals surface area contributed by atoms with E-state index < -0.39 is 0 Å². The predicted octanol–water partition coefficient (Wildman–Crippen LogP) is 2.17. The maximum atomic E-state index is 12.3. The van der Waals surface area contributed by atoms with Crippen molar-refractivity contribution >= 4 is 17.5 Å². The van der Waals surface area contributed by atoms with E-state index in [1.807, 2.05) is 6.07 Å². The van der Waals surface area contributed by atoms with Gasteiger partial charge in [0.25, 0.3) is 5.91 Å². The van der Waals surface area contributed by atoms with Crippen molar-refractivity contribution in [1.82, 2.24) is 10.6 Å². The minimum Gasteiger partial charge on any atom is -0.383 e. The summed E-state index contributed by atoms with van der Waals surface area (Å²) in [6.07, 6.45) is 5.39. The highest BCUT2D eigenvalue weighted by Gasteiger charge is 2.21. The number of nitrogens with one attached hydrogen (secondary N) is 3. The van der Waals surface area contributed by atoms with E-state index in [4.69, 9.17) is 4.74 Å². The van der Waals surface area contributed by atoms with Crippen LogP contribution in [0.3, 0.4) is 0 Å². The Morgan fingerprint density at radius 1 is 1.12 bits per heavy atom. The Labute approximate surface area is 149 Å². The van der Waals surface area contributed by atoms with Crippen molar-refractivity contribution in [3.63, 3.8) is 0 Å². The van der Waals surface area contributed by atoms with Crippen LogP contribution >= 0.6 is 0 Å². The number of ether oxygens (including phenoxy) is 1. The Bertz CT molecular complexity index is 557. The zero-order valence-electron chi connectivity index (χ0n) is 15.0. The van der Waals surface area contributed by atoms with Gasteiger partial charge in [0, 0.05) is 43.9 Å². The molecule has 0 aliphatic heterocycles. The summed E-state index contributed by atoms with van der Waals surface area (Å²) in [5, 5.41) is 8.99. The van der Waals surface area contributed by atoms with Gasteiger partial charge in [0.2, 0.25) is 5.91 Å². The third-order valence-electron chi connectivity index (χ3n) is 4.44. The van der Waals surface area contributed by atoms with Crippen molar-refractivity contribution in [2.24, 2.45) is 5.92 Å². The summed E-state index contributed by atoms with van der Waals surface area (Å²) in [4.78, 5) is 24.5. The standard InChI is InChI=1S/C19H29N3O3/c1-25-13-12-20-10-11-21-18(23)16-8-5-9-17(14-16)22-19(24)15-6-3-2-4-7-15/h5,8-9,14-15,20H,2-4,6-7,10-13H2,1H3,(H,21,23)(H,22,24). The highest BCUT2D eigenvalue weighted by molar-refractivity contribution is 5.97. The van der Waals surface area contributed by atoms with Gasteiger partial charge < -0.3 is 20.7 Å². The molecule has 1 aliphatic carbocycles. The van der Waals surface area contributed by atoms with Crippen LogP contribution in [-0.4, -0.2) is 45.2 Å². The lowest BCUT2D eigenvalue weighted by molar-refractivity contribution is -0.120. The fourth-order valence-electron chi connectivity index (χ4n) is 3.01. The average molecular weight is 347 g/mol. The smallest absolute Gasteiger partial charge is 0.251 e. The van der Waals surface area contributed by atoms with E-state index in [9.17, 15) is 9.59 Å². The maximum Gasteiger partial charge on any atom is 0.251 e. The van der Waals surface area contributed by atoms with Gasteiger partial charge in [0.1, 0.15) is 0 Å². The Hall–Kier alpha value is -1.92. The molecule has 2 amide bonds. The molecule has 6 nitrogen and oxygen atoms in total. The molecule has 0 radical (unpaired) electrons. The zero-order chi connectivity index (χ0) is 17.9. The Morgan fingerprint density at radius 2 is 1.92 bits per heavy atom. The minimum absolute atomic E-state index is 0.0691. The molecule has 1 saturated carbocycles. The van der Waals surface area contributed by atoms with E-state index in [0.29, 0.717) is 30.9 Å². The molecular weight excluding hydrogens is 318 g/mol. The number of carbonyl (C=O) groups is 2. The number of benzene rings is 1. The molecule has 2 rings (SSSR count). The van der Waals surface area contributed by atoms with Gasteiger partial charge in [-0.05, 0) is 31.0 Å². The average Bonchev–Trinajstić information content (AvgIpc) is 2.65. The monoisotopic (exact) mass is 347 g/mol. The number of carbonyl (C=O) groups excluding carboxylic acids is 2. The molecule has 3 N–H and O–H groups in total. The molecule has 6 heteroatoms. The van der Waals surface area contributed by atoms with Crippen LogP contribution in [0.4, 0.5) is 5.69 Å². The molecule has 1 aromatic rings. The van der Waals surface area contributed by atoms with Crippen LogP contribution in [0.25, 0.3) is 0 Å². The molecule has 0 atom stereocenters. The van der Waals surface area contributed by atoms with Gasteiger partial charge in [0.05, 0.1) is 6.61 Å². The van der Waals surface area contributed by atoms with Crippen molar-refractivity contribution < 1.29 is 14.3 Å². The van der Waals surface area contributed by atoms with Gasteiger partial charge in [-0.15, -0.1) is 0 Å². The van der Waals surface area contributed by atoms with Crippen molar-refractivity contribution in [3.05, 3.63) is 29.8 Å². The number of hydrogen-bond donors (Lipinski definition) is 3. The Balaban J connectivity index is 1.79. The first kappa shape index (κ1) is 19.4. The molecule has 1 fully saturated rings. The van der Waals surface area contributed by atoms with Gasteiger partial charge >= 0.3 is 0 Å². The summed E-state index contributed by atoms with van der Waals surface area (Å²) in [5.41, 5.74) is 1.24. The van der Waals surface area contributed by atoms with Crippen LogP contribution in [0, 0.1) is 5.92 Å². The summed E-state index contributed by atoms with van der Waals surface area (Å²) in [6.45, 7) is 2.64. The minimum atomic E-state index is -0.137. The second-order valence-corrected chi connectivity index (χ2v) is 6.40. The number of hydrogen-bond acceptors (Lipinski definition) is 4. The van der Waals surface area contributed by atoms with Crippen molar-refractivity contribution in [3.8, 4) is 0 Å². The molecule has 0 heterocycles. The second-order valence-electron chi connectivity index (χ2n) is 6.40. The summed E-state index contributed by atoms with van der Waals surface area (Å²) in [7, 11) is 1.66. The maximum absolute atomic E-state index is 12.3. The third kappa shape index (κ3) is 6.84. The fourth-order valence-corrected chi connectivity index (χ4v) is 3.01. The van der Waals surface area contributed by atoms with E-state index in [1.165, 1.54) is 6.42 Å². The molecule has 0 unspecified atom stereocenters. The SMILES string of the molecule is COCCNCCNC(=O)c1cccc(NC(=O)C2CCCCC2)c1. The number of rotatable bonds is 9. The lowest BCUT2D eigenvalue weighted by atomic mass is 9.88. The molecule has 1 aromatic carbocycles. The number of anilines is 1. The van der Waals surface area contributed by atoms with Crippen molar-refractivity contribution in [2.45, 2.75) is 32.1 Å². The molecule has 0 aromatic heterocycles. The van der Waals surface area contributed by atoms with Crippen LogP contribution < -0.4 is 16.0 Å². The van der Waals surface area contributed by atoms with Crippen molar-refractivity contribution in [1.29, 1.82) is 0 Å². The summed E-state index contributed by atoms with van der Waals surface area (Å²) in [6, 6.07) is 7.10. The Kier molecular flexibility index (Phi) is 8.42. The van der Waals surface area contributed by atoms with Crippen LogP contribution in [0.2, 0.25) is 0 Å². The third-order valence-corrected chi connectivity index (χ3v) is 4.44. The first-order chi connectivity index (χ1) is 12.2. The van der Waals surface area contributed by atoms with E-state index in [-0.39, 0.29) is 17.7 Å². The van der Waals surface area contributed by atoms with E-state index in [2.05, 4.69) is 16.0 Å². The molecule has 138 valence electrons. The van der Waals surface area contributed by atoms with E-state index in [0.717, 1.165) is 32.2 Å². The fraction of sp³-hybridized carbons (Fsp3) is 0.579. The van der Waals surface area contributed by atoms with E-state index >= 15 is 0 Å². The van der Waals surface area contributed by atoms with Gasteiger partial charge in [-0.3, -0.25) is 9.59 Å². The van der Waals surface area contributed by atoms with Gasteiger partial charge in [-0.25, -0.2) is 0 Å². The molecule has 1 aliphatic rings. The van der Waals surface area contributed by atoms with Gasteiger partial charge in [0.15, 0.2) is 0 Å². The van der Waals surface area contributed by atoms with Gasteiger partial charge in [-0.1, -0.05) is 25.3 Å². The highest BCUT2D eigenvalue weighted by Crippen LogP contribution is 2.25. The normalized spacial score (nSPS) is 14.9. The quantitative estimate of drug-likeness (QED) is 0.598. The molecule has 0 spiro atoms. The van der Waals surface area contributed by atoms with Crippen molar-refractivity contribution in [2.75, 3.05) is 38.7 Å². The molecule has 0 bridgehead atoms. The highest BCUT2D eigenvalue weighted by atomic mass is 16.5. The first-order valence-corrected chi connectivity index (χ1v) is 9.09. The zero-order valence-corrected chi connectivity index (χ0v) is 15.0. The van der Waals surface area contributed by atoms with Crippen LogP contribution in [0.15, 0.2) is 24.3 Å². The summed E-state index contributed by atoms with van der Waals surface area (Å²) < 4.78 is 4.94. The summed E-state index contributed by atoms with van der Waals surface area (Å²) >= 11 is 0. The van der Waals surface area contributed by atoms with Crippen LogP contribution in [0.5, 0.6) is 0 Å². The first-order valence-electron chi connectivity index (χ1n) is 9.09. The molecule has 0 saturated heterocycles. The lowest BCUT2D eigenvalue weighted by Gasteiger charge is -2.20. The lowest BCUT2D eigenvalue weighted by Crippen LogP contribution is -2.33. The summed E-state index contributed by atoms with van der Waals surface area (Å²) in [5.74, 6) is 0.0336. The predicted molar refractivity (Wildman–Crippen MR) is 98.7 cm³/mol. The van der Waals surface area contributed by atoms with Crippen LogP contribution in [-0.2, 0) is 9.53 Å². The van der Waals surface area contributed by atoms with Crippen LogP contribution in [0.1, 0.15) is 42.5 Å². The molecular formula is C19H29N3O3. The largest absolute Gasteiger partial charge is 0.383 e. The number of methoxy groups -OCH3 is 1. The molecule has 25 heavy (non-hydrogen) atoms. The van der Waals surface area contributed by atoms with E-state index in [1.54, 1.807) is 25.3 Å².